The molecule has 2 rings (SSSR count). The maximum atomic E-state index is 11.9. The number of nitrogens with one attached hydrogen (secondary N) is 1. The minimum Gasteiger partial charge on any atom is -0.299 e. The highest BCUT2D eigenvalue weighted by Crippen LogP contribution is 2.24. The van der Waals surface area contributed by atoms with Gasteiger partial charge in [0.25, 0.3) is 5.56 Å². The second-order valence-electron chi connectivity index (χ2n) is 4.05. The molecule has 0 atom stereocenters. The minimum absolute atomic E-state index is 0.0916. The van der Waals surface area contributed by atoms with E-state index in [2.05, 4.69) is 20.5 Å². The predicted octanol–water partition coefficient (Wildman–Crippen LogP) is 1.41. The molecule has 1 N–H and O–H groups in total. The molecule has 0 aliphatic carbocycles. The summed E-state index contributed by atoms with van der Waals surface area (Å²) in [4.78, 5) is 27.8. The monoisotopic (exact) mass is 325 g/mol. The van der Waals surface area contributed by atoms with Crippen LogP contribution in [0.1, 0.15) is 19.5 Å². The first-order valence-electron chi connectivity index (χ1n) is 6.44. The molecule has 0 saturated heterocycles. The largest absolute Gasteiger partial charge is 0.299 e. The number of hydrogen-bond donors (Lipinski definition) is 1. The van der Waals surface area contributed by atoms with E-state index in [4.69, 9.17) is 0 Å². The highest BCUT2D eigenvalue weighted by Gasteiger charge is 2.10. The lowest BCUT2D eigenvalue weighted by Crippen LogP contribution is -2.27. The summed E-state index contributed by atoms with van der Waals surface area (Å²) >= 11 is 2.87. The van der Waals surface area contributed by atoms with E-state index in [0.717, 1.165) is 10.1 Å². The number of carbonyl (C=O) groups excluding carboxylic acids is 1. The fraction of sp³-hybridized carbons (Fsp3) is 0.417. The smallest absolute Gasteiger partial charge is 0.253 e. The van der Waals surface area contributed by atoms with E-state index in [1.807, 2.05) is 13.8 Å². The molecular weight excluding hydrogens is 310 g/mol. The standard InChI is InChI=1S/C12H15N5O2S2/c1-3-8-5-10(19)17(7-13-8)6-9(18)14-11-15-16-12(21-11)20-4-2/h5,7H,3-4,6H2,1-2H3,(H,14,15,18). The molecule has 0 saturated carbocycles. The Labute approximate surface area is 129 Å². The number of nitrogens with zero attached hydrogens (tertiary/aromatic N) is 4. The third-order valence-electron chi connectivity index (χ3n) is 2.53. The molecule has 0 aliphatic heterocycles. The molecule has 9 heteroatoms. The van der Waals surface area contributed by atoms with E-state index in [1.165, 1.54) is 28.3 Å². The molecule has 2 aromatic rings. The lowest BCUT2D eigenvalue weighted by Gasteiger charge is -2.05. The first-order chi connectivity index (χ1) is 10.1. The van der Waals surface area contributed by atoms with Crippen molar-refractivity contribution in [1.82, 2.24) is 19.7 Å². The number of carbonyl (C=O) groups is 1. The normalized spacial score (nSPS) is 10.6. The van der Waals surface area contributed by atoms with Gasteiger partial charge in [-0.3, -0.25) is 19.5 Å². The summed E-state index contributed by atoms with van der Waals surface area (Å²) in [6, 6.07) is 1.44. The van der Waals surface area contributed by atoms with Crippen molar-refractivity contribution in [3.05, 3.63) is 28.4 Å². The zero-order valence-electron chi connectivity index (χ0n) is 11.7. The Morgan fingerprint density at radius 1 is 1.43 bits per heavy atom. The number of aromatic nitrogens is 4. The Bertz CT molecular complexity index is 682. The van der Waals surface area contributed by atoms with Crippen molar-refractivity contribution in [2.75, 3.05) is 11.1 Å². The number of amides is 1. The third-order valence-corrected chi connectivity index (χ3v) is 4.39. The third kappa shape index (κ3) is 4.36. The summed E-state index contributed by atoms with van der Waals surface area (Å²) < 4.78 is 2.07. The Morgan fingerprint density at radius 2 is 2.24 bits per heavy atom. The second-order valence-corrected chi connectivity index (χ2v) is 6.54. The molecule has 21 heavy (non-hydrogen) atoms. The zero-order chi connectivity index (χ0) is 15.2. The van der Waals surface area contributed by atoms with Crippen LogP contribution in [0.4, 0.5) is 5.13 Å². The van der Waals surface area contributed by atoms with Gasteiger partial charge in [0.15, 0.2) is 4.34 Å². The minimum atomic E-state index is -0.327. The van der Waals surface area contributed by atoms with Gasteiger partial charge < -0.3 is 0 Å². The van der Waals surface area contributed by atoms with Crippen LogP contribution in [0.2, 0.25) is 0 Å². The predicted molar refractivity (Wildman–Crippen MR) is 82.8 cm³/mol. The molecule has 0 unspecified atom stereocenters. The molecular formula is C12H15N5O2S2. The number of aryl methyl sites for hydroxylation is 1. The summed E-state index contributed by atoms with van der Waals surface area (Å²) in [6.45, 7) is 3.84. The van der Waals surface area contributed by atoms with Gasteiger partial charge in [-0.15, -0.1) is 10.2 Å². The van der Waals surface area contributed by atoms with E-state index in [1.54, 1.807) is 11.8 Å². The molecule has 1 amide bonds. The Kier molecular flexibility index (Phi) is 5.45. The maximum absolute atomic E-state index is 11.9. The van der Waals surface area contributed by atoms with Crippen LogP contribution in [0, 0.1) is 0 Å². The Hall–Kier alpha value is -1.74. The molecule has 2 aromatic heterocycles. The first-order valence-corrected chi connectivity index (χ1v) is 8.24. The molecule has 0 fully saturated rings. The van der Waals surface area contributed by atoms with Crippen molar-refractivity contribution < 1.29 is 4.79 Å². The van der Waals surface area contributed by atoms with Crippen LogP contribution in [-0.2, 0) is 17.8 Å². The summed E-state index contributed by atoms with van der Waals surface area (Å²) in [5.41, 5.74) is 0.471. The number of thioether (sulfide) groups is 1. The van der Waals surface area contributed by atoms with Gasteiger partial charge in [-0.25, -0.2) is 4.98 Å². The highest BCUT2D eigenvalue weighted by molar-refractivity contribution is 8.01. The van der Waals surface area contributed by atoms with Crippen molar-refractivity contribution in [3.63, 3.8) is 0 Å². The van der Waals surface area contributed by atoms with Crippen molar-refractivity contribution in [1.29, 1.82) is 0 Å². The van der Waals surface area contributed by atoms with E-state index in [-0.39, 0.29) is 18.0 Å². The molecule has 0 bridgehead atoms. The van der Waals surface area contributed by atoms with Gasteiger partial charge in [-0.1, -0.05) is 36.9 Å². The second kappa shape index (κ2) is 7.32. The van der Waals surface area contributed by atoms with E-state index in [0.29, 0.717) is 17.2 Å². The van der Waals surface area contributed by atoms with Crippen LogP contribution in [-0.4, -0.2) is 31.4 Å². The Balaban J connectivity index is 1.99. The fourth-order valence-electron chi connectivity index (χ4n) is 1.53. The van der Waals surface area contributed by atoms with Crippen molar-refractivity contribution in [2.45, 2.75) is 31.2 Å². The zero-order valence-corrected chi connectivity index (χ0v) is 13.3. The average Bonchev–Trinajstić information content (AvgIpc) is 2.88. The van der Waals surface area contributed by atoms with Gasteiger partial charge in [-0.2, -0.15) is 0 Å². The average molecular weight is 325 g/mol. The van der Waals surface area contributed by atoms with Crippen LogP contribution in [0.3, 0.4) is 0 Å². The fourth-order valence-corrected chi connectivity index (χ4v) is 3.20. The van der Waals surface area contributed by atoms with Gasteiger partial charge in [0.2, 0.25) is 11.0 Å². The summed E-state index contributed by atoms with van der Waals surface area (Å²) in [5.74, 6) is 0.570. The van der Waals surface area contributed by atoms with Crippen molar-refractivity contribution in [3.8, 4) is 0 Å². The molecule has 112 valence electrons. The van der Waals surface area contributed by atoms with Crippen LogP contribution < -0.4 is 10.9 Å². The molecule has 0 aliphatic rings. The van der Waals surface area contributed by atoms with Crippen molar-refractivity contribution in [2.24, 2.45) is 0 Å². The summed E-state index contributed by atoms with van der Waals surface area (Å²) in [5, 5.41) is 10.9. The van der Waals surface area contributed by atoms with Gasteiger partial charge in [0.05, 0.1) is 6.33 Å². The molecule has 0 spiro atoms. The van der Waals surface area contributed by atoms with Gasteiger partial charge in [0, 0.05) is 11.8 Å². The number of anilines is 1. The lowest BCUT2D eigenvalue weighted by molar-refractivity contribution is -0.116. The number of hydrogen-bond acceptors (Lipinski definition) is 7. The van der Waals surface area contributed by atoms with Crippen molar-refractivity contribution >= 4 is 34.1 Å². The SMILES string of the molecule is CCSc1nnc(NC(=O)Cn2cnc(CC)cc2=O)s1. The van der Waals surface area contributed by atoms with Gasteiger partial charge >= 0.3 is 0 Å². The number of rotatable bonds is 6. The summed E-state index contributed by atoms with van der Waals surface area (Å²) in [6.07, 6.45) is 2.07. The van der Waals surface area contributed by atoms with Gasteiger partial charge in [-0.05, 0) is 12.2 Å². The van der Waals surface area contributed by atoms with E-state index in [9.17, 15) is 9.59 Å². The molecule has 2 heterocycles. The van der Waals surface area contributed by atoms with Crippen LogP contribution in [0.15, 0.2) is 21.5 Å². The summed E-state index contributed by atoms with van der Waals surface area (Å²) in [7, 11) is 0. The van der Waals surface area contributed by atoms with E-state index < -0.39 is 0 Å². The van der Waals surface area contributed by atoms with Crippen LogP contribution >= 0.6 is 23.1 Å². The topological polar surface area (TPSA) is 89.8 Å². The van der Waals surface area contributed by atoms with Crippen LogP contribution in [0.5, 0.6) is 0 Å². The first kappa shape index (κ1) is 15.6. The highest BCUT2D eigenvalue weighted by atomic mass is 32.2. The molecule has 0 radical (unpaired) electrons. The maximum Gasteiger partial charge on any atom is 0.253 e. The Morgan fingerprint density at radius 3 is 2.90 bits per heavy atom. The molecule has 7 nitrogen and oxygen atoms in total. The van der Waals surface area contributed by atoms with Crippen LogP contribution in [0.25, 0.3) is 0 Å². The van der Waals surface area contributed by atoms with E-state index >= 15 is 0 Å². The molecule has 0 aromatic carbocycles. The van der Waals surface area contributed by atoms with Gasteiger partial charge in [0.1, 0.15) is 6.54 Å². The quantitative estimate of drug-likeness (QED) is 0.638. The lowest BCUT2D eigenvalue weighted by atomic mass is 10.3.